The molecule has 0 unspecified atom stereocenters. The lowest BCUT2D eigenvalue weighted by Gasteiger charge is -2.23. The van der Waals surface area contributed by atoms with Crippen molar-refractivity contribution in [2.24, 2.45) is 5.73 Å². The summed E-state index contributed by atoms with van der Waals surface area (Å²) in [5, 5.41) is 6.70. The summed E-state index contributed by atoms with van der Waals surface area (Å²) in [5.74, 6) is 1.29. The van der Waals surface area contributed by atoms with Crippen LogP contribution >= 0.6 is 23.7 Å². The maximum absolute atomic E-state index is 12.6. The predicted molar refractivity (Wildman–Crippen MR) is 124 cm³/mol. The minimum Gasteiger partial charge on any atom is -0.493 e. The monoisotopic (exact) mass is 447 g/mol. The Hall–Kier alpha value is -2.74. The minimum atomic E-state index is -0.183. The van der Waals surface area contributed by atoms with Crippen LogP contribution in [0.5, 0.6) is 11.5 Å². The zero-order valence-corrected chi connectivity index (χ0v) is 18.4. The van der Waals surface area contributed by atoms with Crippen molar-refractivity contribution in [2.45, 2.75) is 13.2 Å². The number of amides is 2. The first-order chi connectivity index (χ1) is 14.2. The van der Waals surface area contributed by atoms with Gasteiger partial charge in [-0.05, 0) is 34.7 Å². The first kappa shape index (κ1) is 23.5. The Labute approximate surface area is 187 Å². The van der Waals surface area contributed by atoms with Crippen LogP contribution in [-0.2, 0) is 13.2 Å². The molecule has 0 fully saturated rings. The second-order valence-corrected chi connectivity index (χ2v) is 7.19. The van der Waals surface area contributed by atoms with Gasteiger partial charge in [-0.25, -0.2) is 4.79 Å². The smallest absolute Gasteiger partial charge is 0.322 e. The Morgan fingerprint density at radius 1 is 1.10 bits per heavy atom. The van der Waals surface area contributed by atoms with E-state index in [2.05, 4.69) is 5.32 Å². The van der Waals surface area contributed by atoms with Gasteiger partial charge >= 0.3 is 6.03 Å². The van der Waals surface area contributed by atoms with Crippen molar-refractivity contribution < 1.29 is 14.3 Å². The SMILES string of the molecule is COc1cc(CN(CCN)C(=O)Nc2ccsc2)ccc1OCc1ccccc1.Cl. The molecule has 6 nitrogen and oxygen atoms in total. The Morgan fingerprint density at radius 2 is 1.90 bits per heavy atom. The van der Waals surface area contributed by atoms with E-state index in [1.165, 1.54) is 11.3 Å². The molecule has 0 bridgehead atoms. The molecule has 0 saturated heterocycles. The van der Waals surface area contributed by atoms with Gasteiger partial charge in [-0.1, -0.05) is 36.4 Å². The fourth-order valence-corrected chi connectivity index (χ4v) is 3.42. The van der Waals surface area contributed by atoms with Crippen LogP contribution in [0.15, 0.2) is 65.4 Å². The van der Waals surface area contributed by atoms with Crippen LogP contribution in [0.4, 0.5) is 10.5 Å². The van der Waals surface area contributed by atoms with E-state index in [4.69, 9.17) is 15.2 Å². The minimum absolute atomic E-state index is 0. The molecule has 3 rings (SSSR count). The summed E-state index contributed by atoms with van der Waals surface area (Å²) in [6.07, 6.45) is 0. The van der Waals surface area contributed by atoms with E-state index in [-0.39, 0.29) is 18.4 Å². The van der Waals surface area contributed by atoms with Crippen molar-refractivity contribution in [3.8, 4) is 11.5 Å². The largest absolute Gasteiger partial charge is 0.493 e. The molecule has 0 atom stereocenters. The van der Waals surface area contributed by atoms with Crippen molar-refractivity contribution in [3.63, 3.8) is 0 Å². The quantitative estimate of drug-likeness (QED) is 0.496. The second-order valence-electron chi connectivity index (χ2n) is 6.41. The number of rotatable bonds is 9. The molecule has 3 aromatic rings. The van der Waals surface area contributed by atoms with Crippen LogP contribution < -0.4 is 20.5 Å². The summed E-state index contributed by atoms with van der Waals surface area (Å²) < 4.78 is 11.4. The van der Waals surface area contributed by atoms with E-state index in [1.807, 2.05) is 65.4 Å². The number of benzene rings is 2. The van der Waals surface area contributed by atoms with Crippen molar-refractivity contribution in [2.75, 3.05) is 25.5 Å². The summed E-state index contributed by atoms with van der Waals surface area (Å²) in [5.41, 5.74) is 8.50. The zero-order valence-electron chi connectivity index (χ0n) is 16.7. The predicted octanol–water partition coefficient (Wildman–Crippen LogP) is 4.75. The fraction of sp³-hybridized carbons (Fsp3) is 0.227. The van der Waals surface area contributed by atoms with Crippen molar-refractivity contribution in [3.05, 3.63) is 76.5 Å². The van der Waals surface area contributed by atoms with Gasteiger partial charge in [0.25, 0.3) is 0 Å². The summed E-state index contributed by atoms with van der Waals surface area (Å²) in [7, 11) is 1.61. The highest BCUT2D eigenvalue weighted by Crippen LogP contribution is 2.29. The van der Waals surface area contributed by atoms with Crippen LogP contribution in [0.3, 0.4) is 0 Å². The highest BCUT2D eigenvalue weighted by molar-refractivity contribution is 7.08. The first-order valence-electron chi connectivity index (χ1n) is 9.31. The topological polar surface area (TPSA) is 76.8 Å². The molecule has 0 spiro atoms. The molecule has 2 aromatic carbocycles. The highest BCUT2D eigenvalue weighted by atomic mass is 35.5. The van der Waals surface area contributed by atoms with Gasteiger partial charge in [0.05, 0.1) is 12.8 Å². The Bertz CT molecular complexity index is 907. The molecule has 2 amide bonds. The number of thiophene rings is 1. The Morgan fingerprint density at radius 3 is 2.57 bits per heavy atom. The zero-order chi connectivity index (χ0) is 20.5. The van der Waals surface area contributed by atoms with Gasteiger partial charge in [0, 0.05) is 25.0 Å². The van der Waals surface area contributed by atoms with Crippen molar-refractivity contribution in [1.29, 1.82) is 0 Å². The average Bonchev–Trinajstić information content (AvgIpc) is 3.26. The molecule has 30 heavy (non-hydrogen) atoms. The van der Waals surface area contributed by atoms with Gasteiger partial charge in [0.2, 0.25) is 0 Å². The van der Waals surface area contributed by atoms with E-state index in [0.717, 1.165) is 16.8 Å². The second kappa shape index (κ2) is 12.1. The van der Waals surface area contributed by atoms with Crippen molar-refractivity contribution in [1.82, 2.24) is 4.90 Å². The van der Waals surface area contributed by atoms with Gasteiger partial charge in [-0.15, -0.1) is 12.4 Å². The molecular weight excluding hydrogens is 422 g/mol. The van der Waals surface area contributed by atoms with Crippen LogP contribution in [0.2, 0.25) is 0 Å². The number of hydrogen-bond acceptors (Lipinski definition) is 5. The number of nitrogens with zero attached hydrogens (tertiary/aromatic N) is 1. The van der Waals surface area contributed by atoms with Gasteiger partial charge in [-0.2, -0.15) is 11.3 Å². The molecule has 160 valence electrons. The molecule has 1 aromatic heterocycles. The number of anilines is 1. The number of hydrogen-bond donors (Lipinski definition) is 2. The number of carbonyl (C=O) groups is 1. The number of methoxy groups -OCH3 is 1. The fourth-order valence-electron chi connectivity index (χ4n) is 2.83. The highest BCUT2D eigenvalue weighted by Gasteiger charge is 2.15. The lowest BCUT2D eigenvalue weighted by atomic mass is 10.2. The van der Waals surface area contributed by atoms with Crippen LogP contribution in [-0.4, -0.2) is 31.1 Å². The van der Waals surface area contributed by atoms with E-state index in [0.29, 0.717) is 37.7 Å². The number of urea groups is 1. The number of ether oxygens (including phenoxy) is 2. The standard InChI is InChI=1S/C22H25N3O3S.ClH/c1-27-21-13-18(7-8-20(21)28-15-17-5-3-2-4-6-17)14-25(11-10-23)22(26)24-19-9-12-29-16-19;/h2-9,12-13,16H,10-11,14-15,23H2,1H3,(H,24,26);1H. The molecule has 3 N–H and O–H groups in total. The summed E-state index contributed by atoms with van der Waals surface area (Å²) in [4.78, 5) is 14.3. The van der Waals surface area contributed by atoms with Gasteiger partial charge < -0.3 is 25.4 Å². The van der Waals surface area contributed by atoms with Gasteiger partial charge in [-0.3, -0.25) is 0 Å². The van der Waals surface area contributed by atoms with E-state index >= 15 is 0 Å². The van der Waals surface area contributed by atoms with E-state index < -0.39 is 0 Å². The molecule has 0 aliphatic rings. The molecule has 8 heteroatoms. The third-order valence-corrected chi connectivity index (χ3v) is 4.98. The third-order valence-electron chi connectivity index (χ3n) is 4.30. The summed E-state index contributed by atoms with van der Waals surface area (Å²) in [6, 6.07) is 17.3. The van der Waals surface area contributed by atoms with Crippen LogP contribution in [0.25, 0.3) is 0 Å². The molecule has 1 heterocycles. The summed E-state index contributed by atoms with van der Waals surface area (Å²) >= 11 is 1.53. The number of nitrogens with one attached hydrogen (secondary N) is 1. The van der Waals surface area contributed by atoms with Crippen LogP contribution in [0.1, 0.15) is 11.1 Å². The summed E-state index contributed by atoms with van der Waals surface area (Å²) in [6.45, 7) is 1.71. The van der Waals surface area contributed by atoms with Gasteiger partial charge in [0.15, 0.2) is 11.5 Å². The third kappa shape index (κ3) is 6.66. The molecule has 0 saturated carbocycles. The van der Waals surface area contributed by atoms with Crippen molar-refractivity contribution >= 4 is 35.5 Å². The first-order valence-corrected chi connectivity index (χ1v) is 10.3. The number of carbonyl (C=O) groups excluding carboxylic acids is 1. The Kier molecular flexibility index (Phi) is 9.47. The van der Waals surface area contributed by atoms with E-state index in [1.54, 1.807) is 12.0 Å². The number of nitrogens with two attached hydrogens (primary N) is 1. The lowest BCUT2D eigenvalue weighted by molar-refractivity contribution is 0.210. The Balaban J connectivity index is 0.00000320. The van der Waals surface area contributed by atoms with Gasteiger partial charge in [0.1, 0.15) is 6.61 Å². The van der Waals surface area contributed by atoms with Crippen LogP contribution in [0, 0.1) is 0 Å². The maximum Gasteiger partial charge on any atom is 0.322 e. The number of halogens is 1. The van der Waals surface area contributed by atoms with E-state index in [9.17, 15) is 4.79 Å². The lowest BCUT2D eigenvalue weighted by Crippen LogP contribution is -2.37. The normalized spacial score (nSPS) is 10.1. The molecule has 0 radical (unpaired) electrons. The average molecular weight is 448 g/mol. The maximum atomic E-state index is 12.6. The molecule has 0 aliphatic heterocycles. The molecule has 0 aliphatic carbocycles. The molecular formula is C22H26ClN3O3S.